The van der Waals surface area contributed by atoms with Gasteiger partial charge in [-0.3, -0.25) is 0 Å². The number of aromatic nitrogens is 1. The molecule has 0 aliphatic carbocycles. The molecule has 0 fully saturated rings. The van der Waals surface area contributed by atoms with E-state index in [0.29, 0.717) is 31.0 Å². The number of esters is 1. The molecule has 1 aromatic heterocycles. The number of nitrogen functional groups attached to an aromatic ring is 1. The number of ether oxygens (including phenoxy) is 2. The van der Waals surface area contributed by atoms with Gasteiger partial charge in [0.05, 0.1) is 12.2 Å². The van der Waals surface area contributed by atoms with E-state index in [4.69, 9.17) is 15.2 Å². The number of pyridine rings is 1. The van der Waals surface area contributed by atoms with Crippen molar-refractivity contribution in [3.63, 3.8) is 0 Å². The van der Waals surface area contributed by atoms with Crippen molar-refractivity contribution in [2.45, 2.75) is 6.42 Å². The summed E-state index contributed by atoms with van der Waals surface area (Å²) in [7, 11) is 1.60. The van der Waals surface area contributed by atoms with E-state index < -0.39 is 0 Å². The monoisotopic (exact) mass is 210 g/mol. The second-order valence-electron chi connectivity index (χ2n) is 2.95. The summed E-state index contributed by atoms with van der Waals surface area (Å²) in [4.78, 5) is 15.2. The number of methoxy groups -OCH3 is 1. The van der Waals surface area contributed by atoms with Crippen molar-refractivity contribution in [3.05, 3.63) is 23.9 Å². The van der Waals surface area contributed by atoms with E-state index in [-0.39, 0.29) is 5.97 Å². The van der Waals surface area contributed by atoms with E-state index >= 15 is 0 Å². The molecule has 0 saturated heterocycles. The molecule has 0 atom stereocenters. The molecule has 0 aliphatic heterocycles. The summed E-state index contributed by atoms with van der Waals surface area (Å²) >= 11 is 0. The van der Waals surface area contributed by atoms with E-state index in [1.54, 1.807) is 13.2 Å². The number of anilines is 1. The molecule has 1 aromatic rings. The lowest BCUT2D eigenvalue weighted by Gasteiger charge is -2.04. The van der Waals surface area contributed by atoms with Crippen molar-refractivity contribution in [1.82, 2.24) is 4.98 Å². The first-order valence-electron chi connectivity index (χ1n) is 4.61. The highest BCUT2D eigenvalue weighted by Crippen LogP contribution is 2.04. The third kappa shape index (κ3) is 3.95. The molecule has 0 amide bonds. The van der Waals surface area contributed by atoms with Crippen molar-refractivity contribution >= 4 is 11.8 Å². The zero-order valence-corrected chi connectivity index (χ0v) is 8.60. The molecule has 0 bridgehead atoms. The predicted octanol–water partition coefficient (Wildman–Crippen LogP) is 0.857. The van der Waals surface area contributed by atoms with Gasteiger partial charge in [-0.2, -0.15) is 0 Å². The van der Waals surface area contributed by atoms with Crippen LogP contribution in [-0.2, 0) is 9.47 Å². The molecule has 0 spiro atoms. The van der Waals surface area contributed by atoms with E-state index in [0.717, 1.165) is 0 Å². The van der Waals surface area contributed by atoms with E-state index in [2.05, 4.69) is 4.98 Å². The van der Waals surface area contributed by atoms with Crippen LogP contribution in [0.5, 0.6) is 0 Å². The maximum Gasteiger partial charge on any atom is 0.338 e. The summed E-state index contributed by atoms with van der Waals surface area (Å²) in [5, 5.41) is 0. The number of rotatable bonds is 5. The number of nitrogens with two attached hydrogens (primary N) is 1. The minimum absolute atomic E-state index is 0.307. The fourth-order valence-electron chi connectivity index (χ4n) is 1.03. The Morgan fingerprint density at radius 1 is 1.53 bits per heavy atom. The molecule has 1 rings (SSSR count). The van der Waals surface area contributed by atoms with Gasteiger partial charge < -0.3 is 15.2 Å². The molecule has 0 radical (unpaired) electrons. The Bertz CT molecular complexity index is 328. The molecule has 0 aliphatic rings. The van der Waals surface area contributed by atoms with Gasteiger partial charge in [0.1, 0.15) is 5.82 Å². The Kier molecular flexibility index (Phi) is 4.56. The Labute approximate surface area is 88.2 Å². The maximum absolute atomic E-state index is 11.4. The van der Waals surface area contributed by atoms with Crippen LogP contribution < -0.4 is 5.73 Å². The van der Waals surface area contributed by atoms with E-state index in [9.17, 15) is 4.79 Å². The Morgan fingerprint density at radius 2 is 2.33 bits per heavy atom. The standard InChI is InChI=1S/C10H14N2O3/c1-14-5-2-6-15-10(13)8-3-4-12-9(11)7-8/h3-4,7H,2,5-6H2,1H3,(H2,11,12). The normalized spacial score (nSPS) is 9.93. The minimum atomic E-state index is -0.389. The van der Waals surface area contributed by atoms with Gasteiger partial charge in [0.15, 0.2) is 0 Å². The lowest BCUT2D eigenvalue weighted by Crippen LogP contribution is -2.08. The molecular formula is C10H14N2O3. The number of carbonyl (C=O) groups excluding carboxylic acids is 1. The van der Waals surface area contributed by atoms with Crippen LogP contribution in [0.25, 0.3) is 0 Å². The molecule has 0 aromatic carbocycles. The van der Waals surface area contributed by atoms with Gasteiger partial charge in [-0.25, -0.2) is 9.78 Å². The lowest BCUT2D eigenvalue weighted by molar-refractivity contribution is 0.0468. The molecule has 5 nitrogen and oxygen atoms in total. The summed E-state index contributed by atoms with van der Waals surface area (Å²) < 4.78 is 9.81. The highest BCUT2D eigenvalue weighted by atomic mass is 16.5. The van der Waals surface area contributed by atoms with Gasteiger partial charge in [-0.15, -0.1) is 0 Å². The van der Waals surface area contributed by atoms with E-state index in [1.165, 1.54) is 12.3 Å². The Balaban J connectivity index is 2.40. The fourth-order valence-corrected chi connectivity index (χ4v) is 1.03. The van der Waals surface area contributed by atoms with Gasteiger partial charge >= 0.3 is 5.97 Å². The SMILES string of the molecule is COCCCOC(=O)c1ccnc(N)c1. The van der Waals surface area contributed by atoms with Gasteiger partial charge in [-0.05, 0) is 12.1 Å². The van der Waals surface area contributed by atoms with Crippen molar-refractivity contribution in [1.29, 1.82) is 0 Å². The zero-order valence-electron chi connectivity index (χ0n) is 8.60. The number of hydrogen-bond donors (Lipinski definition) is 1. The van der Waals surface area contributed by atoms with Crippen molar-refractivity contribution in [3.8, 4) is 0 Å². The third-order valence-corrected chi connectivity index (χ3v) is 1.74. The molecule has 1 heterocycles. The molecule has 15 heavy (non-hydrogen) atoms. The molecule has 0 saturated carbocycles. The van der Waals surface area contributed by atoms with E-state index in [1.807, 2.05) is 0 Å². The van der Waals surface area contributed by atoms with Crippen molar-refractivity contribution < 1.29 is 14.3 Å². The van der Waals surface area contributed by atoms with Crippen LogP contribution in [0.1, 0.15) is 16.8 Å². The smallest absolute Gasteiger partial charge is 0.338 e. The average molecular weight is 210 g/mol. The fraction of sp³-hybridized carbons (Fsp3) is 0.400. The molecule has 2 N–H and O–H groups in total. The largest absolute Gasteiger partial charge is 0.462 e. The van der Waals surface area contributed by atoms with Crippen molar-refractivity contribution in [2.75, 3.05) is 26.1 Å². The predicted molar refractivity (Wildman–Crippen MR) is 55.4 cm³/mol. The van der Waals surface area contributed by atoms with Crippen LogP contribution in [0.3, 0.4) is 0 Å². The zero-order chi connectivity index (χ0) is 11.1. The van der Waals surface area contributed by atoms with Crippen LogP contribution in [0, 0.1) is 0 Å². The average Bonchev–Trinajstić information content (AvgIpc) is 2.24. The topological polar surface area (TPSA) is 74.4 Å². The lowest BCUT2D eigenvalue weighted by atomic mass is 10.2. The Hall–Kier alpha value is -1.62. The quantitative estimate of drug-likeness (QED) is 0.576. The van der Waals surface area contributed by atoms with Crippen LogP contribution >= 0.6 is 0 Å². The van der Waals surface area contributed by atoms with Gasteiger partial charge in [0.25, 0.3) is 0 Å². The minimum Gasteiger partial charge on any atom is -0.462 e. The molecule has 5 heteroatoms. The van der Waals surface area contributed by atoms with Crippen molar-refractivity contribution in [2.24, 2.45) is 0 Å². The summed E-state index contributed by atoms with van der Waals surface area (Å²) in [5.41, 5.74) is 5.85. The molecule has 0 unspecified atom stereocenters. The molecule has 82 valence electrons. The van der Waals surface area contributed by atoms with Crippen LogP contribution in [0.15, 0.2) is 18.3 Å². The van der Waals surface area contributed by atoms with Gasteiger partial charge in [0, 0.05) is 26.3 Å². The van der Waals surface area contributed by atoms with Crippen LogP contribution in [0.2, 0.25) is 0 Å². The second kappa shape index (κ2) is 5.98. The number of nitrogens with zero attached hydrogens (tertiary/aromatic N) is 1. The number of carbonyl (C=O) groups is 1. The Morgan fingerprint density at radius 3 is 3.00 bits per heavy atom. The van der Waals surface area contributed by atoms with Gasteiger partial charge in [-0.1, -0.05) is 0 Å². The van der Waals surface area contributed by atoms with Gasteiger partial charge in [0.2, 0.25) is 0 Å². The highest BCUT2D eigenvalue weighted by molar-refractivity contribution is 5.89. The summed E-state index contributed by atoms with van der Waals surface area (Å²) in [6.07, 6.45) is 2.16. The molecular weight excluding hydrogens is 196 g/mol. The number of hydrogen-bond acceptors (Lipinski definition) is 5. The summed E-state index contributed by atoms with van der Waals surface area (Å²) in [6.45, 7) is 0.917. The maximum atomic E-state index is 11.4. The first-order valence-corrected chi connectivity index (χ1v) is 4.61. The van der Waals surface area contributed by atoms with Crippen LogP contribution in [-0.4, -0.2) is 31.3 Å². The third-order valence-electron chi connectivity index (χ3n) is 1.74. The summed E-state index contributed by atoms with van der Waals surface area (Å²) in [6, 6.07) is 3.05. The first-order chi connectivity index (χ1) is 7.24. The highest BCUT2D eigenvalue weighted by Gasteiger charge is 2.06. The second-order valence-corrected chi connectivity index (χ2v) is 2.95. The first kappa shape index (κ1) is 11.5. The van der Waals surface area contributed by atoms with Crippen LogP contribution in [0.4, 0.5) is 5.82 Å². The summed E-state index contributed by atoms with van der Waals surface area (Å²) in [5.74, 6) is -0.0819.